The Balaban J connectivity index is 1.03. The van der Waals surface area contributed by atoms with Gasteiger partial charge in [0.05, 0.1) is 23.4 Å². The third kappa shape index (κ3) is 4.89. The van der Waals surface area contributed by atoms with E-state index in [1.54, 1.807) is 7.05 Å². The molecule has 1 aliphatic heterocycles. The van der Waals surface area contributed by atoms with E-state index in [1.807, 2.05) is 0 Å². The second-order valence-electron chi connectivity index (χ2n) is 17.1. The van der Waals surface area contributed by atoms with Gasteiger partial charge in [-0.15, -0.1) is 0 Å². The van der Waals surface area contributed by atoms with Crippen molar-refractivity contribution < 1.29 is 14.9 Å². The average molecular weight is 582 g/mol. The SMILES string of the molecule is C=C1C[C@@]2(CC[C@@H]([C@@H]3CC[C@H]4CC[C@H](O)C[C@]4(O)C3)C2)[C@@H]2O[C@]2(C)CC[C@@H]2[C@@H]1C[C@]2(C)[C@@H]1CC[C@H](CNC(N)=NC)C1. The minimum absolute atomic E-state index is 0.0308. The van der Waals surface area contributed by atoms with Crippen LogP contribution in [-0.4, -0.2) is 53.2 Å². The van der Waals surface area contributed by atoms with Crippen molar-refractivity contribution in [3.63, 3.8) is 0 Å². The zero-order valence-corrected chi connectivity index (χ0v) is 26.8. The Morgan fingerprint density at radius 3 is 2.55 bits per heavy atom. The lowest BCUT2D eigenvalue weighted by molar-refractivity contribution is -0.127. The summed E-state index contributed by atoms with van der Waals surface area (Å²) in [6, 6.07) is 0. The first kappa shape index (κ1) is 29.6. The maximum Gasteiger partial charge on any atom is 0.188 e. The number of nitrogens with one attached hydrogen (secondary N) is 1. The molecular weight excluding hydrogens is 522 g/mol. The average Bonchev–Trinajstić information content (AvgIpc) is 3.27. The fourth-order valence-corrected chi connectivity index (χ4v) is 12.4. The number of aliphatic imine (C=N–C) groups is 1. The molecule has 5 N–H and O–H groups in total. The van der Waals surface area contributed by atoms with E-state index in [-0.39, 0.29) is 17.1 Å². The highest BCUT2D eigenvalue weighted by atomic mass is 16.6. The van der Waals surface area contributed by atoms with E-state index in [4.69, 9.17) is 17.0 Å². The van der Waals surface area contributed by atoms with Crippen LogP contribution in [0, 0.1) is 52.3 Å². The molecule has 6 saturated carbocycles. The zero-order valence-electron chi connectivity index (χ0n) is 26.8. The summed E-state index contributed by atoms with van der Waals surface area (Å²) >= 11 is 0. The number of epoxide rings is 1. The number of hydrogen-bond acceptors (Lipinski definition) is 4. The molecule has 1 heterocycles. The van der Waals surface area contributed by atoms with Gasteiger partial charge in [0.1, 0.15) is 0 Å². The van der Waals surface area contributed by atoms with E-state index in [9.17, 15) is 10.2 Å². The molecule has 236 valence electrons. The van der Waals surface area contributed by atoms with Crippen LogP contribution in [0.2, 0.25) is 0 Å². The van der Waals surface area contributed by atoms with Gasteiger partial charge in [0, 0.05) is 25.4 Å². The molecule has 0 unspecified atom stereocenters. The molecule has 6 nitrogen and oxygen atoms in total. The topological polar surface area (TPSA) is 103 Å². The summed E-state index contributed by atoms with van der Waals surface area (Å²) < 4.78 is 6.75. The van der Waals surface area contributed by atoms with Crippen molar-refractivity contribution in [1.29, 1.82) is 0 Å². The summed E-state index contributed by atoms with van der Waals surface area (Å²) in [7, 11) is 1.75. The maximum absolute atomic E-state index is 11.6. The van der Waals surface area contributed by atoms with Crippen LogP contribution in [0.1, 0.15) is 117 Å². The number of hydrogen-bond donors (Lipinski definition) is 4. The number of fused-ring (bicyclic) bond motifs is 4. The molecule has 13 atom stereocenters. The third-order valence-corrected chi connectivity index (χ3v) is 14.8. The molecule has 6 aliphatic carbocycles. The molecule has 0 aromatic carbocycles. The van der Waals surface area contributed by atoms with Crippen LogP contribution in [0.5, 0.6) is 0 Å². The van der Waals surface area contributed by atoms with Gasteiger partial charge in [-0.2, -0.15) is 0 Å². The second kappa shape index (κ2) is 10.5. The van der Waals surface area contributed by atoms with Gasteiger partial charge < -0.3 is 26.0 Å². The van der Waals surface area contributed by atoms with E-state index in [0.29, 0.717) is 53.5 Å². The van der Waals surface area contributed by atoms with Crippen LogP contribution in [0.25, 0.3) is 0 Å². The fraction of sp³-hybridized carbons (Fsp3) is 0.917. The summed E-state index contributed by atoms with van der Waals surface area (Å²) in [6.07, 6.45) is 18.5. The van der Waals surface area contributed by atoms with Crippen molar-refractivity contribution in [2.45, 2.75) is 140 Å². The molecule has 1 saturated heterocycles. The molecule has 1 spiro atoms. The Bertz CT molecular complexity index is 1090. The van der Waals surface area contributed by atoms with E-state index in [0.717, 1.165) is 50.5 Å². The van der Waals surface area contributed by atoms with Gasteiger partial charge in [-0.1, -0.05) is 19.1 Å². The standard InChI is InChI=1S/C36H59N3O3/c1-22-16-35(14-11-25(17-35)24-6-8-26-9-10-28(40)19-36(26,41)18-24)31-34(3,42-31)13-12-30-29(22)20-33(30,2)27-7-5-23(15-27)21-39-32(37)38-4/h23-31,40-41H,1,5-21H2,2-4H3,(H3,37,38,39)/t23-,24+,25+,26-,27+,28-,29+,30+,31+,33+,34+,35+,36+/m0/s1. The molecule has 42 heavy (non-hydrogen) atoms. The van der Waals surface area contributed by atoms with Crippen LogP contribution in [0.4, 0.5) is 0 Å². The maximum atomic E-state index is 11.6. The predicted octanol–water partition coefficient (Wildman–Crippen LogP) is 5.96. The van der Waals surface area contributed by atoms with Gasteiger partial charge in [0.25, 0.3) is 0 Å². The van der Waals surface area contributed by atoms with Crippen LogP contribution in [0.3, 0.4) is 0 Å². The minimum Gasteiger partial charge on any atom is -0.393 e. The molecule has 0 aromatic heterocycles. The quantitative estimate of drug-likeness (QED) is 0.142. The zero-order chi connectivity index (χ0) is 29.5. The number of nitrogens with zero attached hydrogens (tertiary/aromatic N) is 1. The van der Waals surface area contributed by atoms with Gasteiger partial charge in [0.15, 0.2) is 5.96 Å². The van der Waals surface area contributed by atoms with Crippen molar-refractivity contribution in [2.24, 2.45) is 63.0 Å². The molecule has 7 fully saturated rings. The van der Waals surface area contributed by atoms with Crippen molar-refractivity contribution in [1.82, 2.24) is 5.32 Å². The first-order valence-electron chi connectivity index (χ1n) is 17.7. The van der Waals surface area contributed by atoms with Gasteiger partial charge in [-0.25, -0.2) is 0 Å². The van der Waals surface area contributed by atoms with Crippen LogP contribution in [0.15, 0.2) is 17.1 Å². The highest BCUT2D eigenvalue weighted by molar-refractivity contribution is 5.77. The van der Waals surface area contributed by atoms with Crippen molar-refractivity contribution in [2.75, 3.05) is 13.6 Å². The highest BCUT2D eigenvalue weighted by Gasteiger charge is 2.67. The van der Waals surface area contributed by atoms with E-state index < -0.39 is 5.60 Å². The molecule has 6 heteroatoms. The van der Waals surface area contributed by atoms with Crippen LogP contribution >= 0.6 is 0 Å². The summed E-state index contributed by atoms with van der Waals surface area (Å²) in [5.41, 5.74) is 7.49. The lowest BCUT2D eigenvalue weighted by atomic mass is 9.46. The molecular formula is C36H59N3O3. The van der Waals surface area contributed by atoms with Crippen molar-refractivity contribution in [3.8, 4) is 0 Å². The molecule has 7 aliphatic rings. The predicted molar refractivity (Wildman–Crippen MR) is 168 cm³/mol. The summed E-state index contributed by atoms with van der Waals surface area (Å²) in [4.78, 5) is 4.08. The normalized spacial score (nSPS) is 54.2. The Labute approximate surface area is 254 Å². The Morgan fingerprint density at radius 1 is 0.976 bits per heavy atom. The molecule has 0 radical (unpaired) electrons. The van der Waals surface area contributed by atoms with Gasteiger partial charge in [-0.3, -0.25) is 4.99 Å². The molecule has 0 aromatic rings. The number of allylic oxidation sites excluding steroid dienone is 1. The molecule has 0 amide bonds. The largest absolute Gasteiger partial charge is 0.393 e. The lowest BCUT2D eigenvalue weighted by Crippen LogP contribution is -2.51. The Morgan fingerprint density at radius 2 is 1.74 bits per heavy atom. The Kier molecular flexibility index (Phi) is 7.38. The van der Waals surface area contributed by atoms with Gasteiger partial charge in [0.2, 0.25) is 0 Å². The van der Waals surface area contributed by atoms with Crippen LogP contribution in [-0.2, 0) is 4.74 Å². The minimum atomic E-state index is -0.641. The van der Waals surface area contributed by atoms with Crippen molar-refractivity contribution >= 4 is 5.96 Å². The Hall–Kier alpha value is -1.11. The number of aliphatic hydroxyl groups excluding tert-OH is 1. The highest BCUT2D eigenvalue weighted by Crippen LogP contribution is 2.69. The number of aliphatic hydroxyl groups is 2. The first-order valence-corrected chi connectivity index (χ1v) is 17.7. The van der Waals surface area contributed by atoms with Gasteiger partial charge >= 0.3 is 0 Å². The van der Waals surface area contributed by atoms with Crippen LogP contribution < -0.4 is 11.1 Å². The smallest absolute Gasteiger partial charge is 0.188 e. The number of guanidine groups is 1. The third-order valence-electron chi connectivity index (χ3n) is 14.8. The van der Waals surface area contributed by atoms with E-state index >= 15 is 0 Å². The van der Waals surface area contributed by atoms with E-state index in [2.05, 4.69) is 24.2 Å². The number of nitrogens with two attached hydrogens (primary N) is 1. The summed E-state index contributed by atoms with van der Waals surface area (Å²) in [6.45, 7) is 10.8. The van der Waals surface area contributed by atoms with E-state index in [1.165, 1.54) is 69.8 Å². The van der Waals surface area contributed by atoms with Gasteiger partial charge in [-0.05, 0) is 150 Å². The monoisotopic (exact) mass is 581 g/mol. The summed E-state index contributed by atoms with van der Waals surface area (Å²) in [5.74, 6) is 5.13. The number of rotatable bonds is 4. The molecule has 0 bridgehead atoms. The number of ether oxygens (including phenoxy) is 1. The first-order chi connectivity index (χ1) is 20.0. The fourth-order valence-electron chi connectivity index (χ4n) is 12.4. The molecule has 7 rings (SSSR count). The second-order valence-corrected chi connectivity index (χ2v) is 17.1. The van der Waals surface area contributed by atoms with Crippen molar-refractivity contribution in [3.05, 3.63) is 12.2 Å². The lowest BCUT2D eigenvalue weighted by Gasteiger charge is -2.58. The summed E-state index contributed by atoms with van der Waals surface area (Å²) in [5, 5.41) is 25.3.